The average Bonchev–Trinajstić information content (AvgIpc) is 3.02. The molecular formula is C19H15N3O3S. The molecule has 0 fully saturated rings. The van der Waals surface area contributed by atoms with E-state index in [4.69, 9.17) is 4.74 Å². The quantitative estimate of drug-likeness (QED) is 0.576. The summed E-state index contributed by atoms with van der Waals surface area (Å²) in [7, 11) is 0. The van der Waals surface area contributed by atoms with Gasteiger partial charge in [0.15, 0.2) is 5.13 Å². The predicted molar refractivity (Wildman–Crippen MR) is 103 cm³/mol. The third kappa shape index (κ3) is 3.04. The Labute approximate surface area is 152 Å². The van der Waals surface area contributed by atoms with Gasteiger partial charge in [-0.15, -0.1) is 0 Å². The number of anilines is 1. The van der Waals surface area contributed by atoms with Gasteiger partial charge in [-0.2, -0.15) is 0 Å². The second kappa shape index (κ2) is 6.61. The van der Waals surface area contributed by atoms with E-state index in [0.717, 1.165) is 16.0 Å². The summed E-state index contributed by atoms with van der Waals surface area (Å²) in [5, 5.41) is 3.95. The van der Waals surface area contributed by atoms with Crippen LogP contribution in [-0.4, -0.2) is 22.5 Å². The zero-order valence-electron chi connectivity index (χ0n) is 13.9. The average molecular weight is 365 g/mol. The highest BCUT2D eigenvalue weighted by Gasteiger charge is 2.14. The first-order valence-electron chi connectivity index (χ1n) is 8.11. The number of amides is 1. The minimum Gasteiger partial charge on any atom is -0.494 e. The van der Waals surface area contributed by atoms with Gasteiger partial charge >= 0.3 is 0 Å². The maximum Gasteiger partial charge on any atom is 0.258 e. The highest BCUT2D eigenvalue weighted by molar-refractivity contribution is 7.22. The Balaban J connectivity index is 1.68. The Morgan fingerprint density at radius 3 is 2.92 bits per heavy atom. The van der Waals surface area contributed by atoms with Crippen molar-refractivity contribution in [3.8, 4) is 5.75 Å². The van der Waals surface area contributed by atoms with E-state index in [2.05, 4.69) is 15.3 Å². The minimum absolute atomic E-state index is 0.318. The molecule has 0 saturated heterocycles. The molecule has 2 aromatic heterocycles. The lowest BCUT2D eigenvalue weighted by Crippen LogP contribution is -2.16. The van der Waals surface area contributed by atoms with Crippen molar-refractivity contribution < 1.29 is 9.53 Å². The van der Waals surface area contributed by atoms with Gasteiger partial charge in [0.2, 0.25) is 5.56 Å². The van der Waals surface area contributed by atoms with E-state index in [1.165, 1.54) is 17.4 Å². The third-order valence-electron chi connectivity index (χ3n) is 3.89. The maximum atomic E-state index is 12.7. The molecule has 1 amide bonds. The molecule has 0 unspecified atom stereocenters. The van der Waals surface area contributed by atoms with E-state index < -0.39 is 0 Å². The Kier molecular flexibility index (Phi) is 4.14. The maximum absolute atomic E-state index is 12.7. The van der Waals surface area contributed by atoms with Gasteiger partial charge in [-0.25, -0.2) is 4.98 Å². The number of ether oxygens (including phenoxy) is 1. The summed E-state index contributed by atoms with van der Waals surface area (Å²) in [6.07, 6.45) is 0. The van der Waals surface area contributed by atoms with Crippen LogP contribution in [0.25, 0.3) is 21.1 Å². The highest BCUT2D eigenvalue weighted by Crippen LogP contribution is 2.29. The van der Waals surface area contributed by atoms with Crippen molar-refractivity contribution in [3.05, 3.63) is 64.4 Å². The van der Waals surface area contributed by atoms with Crippen LogP contribution in [0.1, 0.15) is 17.3 Å². The first kappa shape index (κ1) is 16.3. The van der Waals surface area contributed by atoms with E-state index in [0.29, 0.717) is 28.2 Å². The number of rotatable bonds is 4. The number of hydrogen-bond acceptors (Lipinski definition) is 5. The van der Waals surface area contributed by atoms with Crippen LogP contribution in [0, 0.1) is 0 Å². The molecule has 130 valence electrons. The fourth-order valence-electron chi connectivity index (χ4n) is 2.77. The van der Waals surface area contributed by atoms with Gasteiger partial charge in [0, 0.05) is 17.0 Å². The van der Waals surface area contributed by atoms with Gasteiger partial charge in [0.25, 0.3) is 5.91 Å². The molecule has 2 heterocycles. The number of thiazole rings is 1. The van der Waals surface area contributed by atoms with Gasteiger partial charge in [-0.05, 0) is 31.2 Å². The van der Waals surface area contributed by atoms with Crippen LogP contribution in [0.2, 0.25) is 0 Å². The van der Waals surface area contributed by atoms with E-state index in [9.17, 15) is 9.59 Å². The first-order chi connectivity index (χ1) is 12.6. The number of carbonyl (C=O) groups is 1. The molecule has 0 atom stereocenters. The number of H-pyrrole nitrogens is 1. The van der Waals surface area contributed by atoms with Crippen LogP contribution in [-0.2, 0) is 0 Å². The van der Waals surface area contributed by atoms with Crippen LogP contribution in [0.5, 0.6) is 5.75 Å². The van der Waals surface area contributed by atoms with Crippen molar-refractivity contribution in [2.45, 2.75) is 6.92 Å². The molecular weight excluding hydrogens is 350 g/mol. The predicted octanol–water partition coefficient (Wildman–Crippen LogP) is 3.79. The van der Waals surface area contributed by atoms with Gasteiger partial charge in [-0.1, -0.05) is 29.5 Å². The van der Waals surface area contributed by atoms with Crippen LogP contribution < -0.4 is 15.6 Å². The van der Waals surface area contributed by atoms with E-state index in [1.54, 1.807) is 12.1 Å². The summed E-state index contributed by atoms with van der Waals surface area (Å²) >= 11 is 1.36. The van der Waals surface area contributed by atoms with Gasteiger partial charge in [-0.3, -0.25) is 14.9 Å². The monoisotopic (exact) mass is 365 g/mol. The van der Waals surface area contributed by atoms with Crippen molar-refractivity contribution in [1.29, 1.82) is 0 Å². The zero-order valence-corrected chi connectivity index (χ0v) is 14.7. The van der Waals surface area contributed by atoms with Gasteiger partial charge in [0.05, 0.1) is 22.4 Å². The molecule has 6 nitrogen and oxygen atoms in total. The molecule has 0 saturated carbocycles. The Morgan fingerprint density at radius 1 is 1.23 bits per heavy atom. The number of nitrogens with zero attached hydrogens (tertiary/aromatic N) is 1. The SMILES string of the molecule is CCOc1ccc2nc(NC(=O)c3cc(=O)[nH]c4ccccc34)sc2c1. The fraction of sp³-hybridized carbons (Fsp3) is 0.105. The molecule has 2 aromatic carbocycles. The second-order valence-corrected chi connectivity index (χ2v) is 6.66. The number of pyridine rings is 1. The molecule has 26 heavy (non-hydrogen) atoms. The Hall–Kier alpha value is -3.19. The molecule has 0 spiro atoms. The van der Waals surface area contributed by atoms with Crippen LogP contribution in [0.4, 0.5) is 5.13 Å². The molecule has 0 aliphatic carbocycles. The number of aromatic amines is 1. The number of para-hydroxylation sites is 1. The fourth-order valence-corrected chi connectivity index (χ4v) is 3.66. The first-order valence-corrected chi connectivity index (χ1v) is 8.92. The van der Waals surface area contributed by atoms with Crippen LogP contribution >= 0.6 is 11.3 Å². The molecule has 4 rings (SSSR count). The Bertz CT molecular complexity index is 1180. The largest absolute Gasteiger partial charge is 0.494 e. The summed E-state index contributed by atoms with van der Waals surface area (Å²) < 4.78 is 6.41. The number of nitrogens with one attached hydrogen (secondary N) is 2. The van der Waals surface area contributed by atoms with E-state index in [-0.39, 0.29) is 11.5 Å². The normalized spacial score (nSPS) is 11.0. The summed E-state index contributed by atoms with van der Waals surface area (Å²) in [4.78, 5) is 31.7. The molecule has 0 aliphatic heterocycles. The zero-order chi connectivity index (χ0) is 18.1. The van der Waals surface area contributed by atoms with Crippen LogP contribution in [0.3, 0.4) is 0 Å². The van der Waals surface area contributed by atoms with Gasteiger partial charge in [0.1, 0.15) is 5.75 Å². The number of carbonyl (C=O) groups excluding carboxylic acids is 1. The topological polar surface area (TPSA) is 84.1 Å². The lowest BCUT2D eigenvalue weighted by Gasteiger charge is -2.05. The molecule has 4 aromatic rings. The summed E-state index contributed by atoms with van der Waals surface area (Å²) in [6, 6.07) is 14.1. The third-order valence-corrected chi connectivity index (χ3v) is 4.82. The lowest BCUT2D eigenvalue weighted by molar-refractivity contribution is 0.102. The number of benzene rings is 2. The van der Waals surface area contributed by atoms with Crippen molar-refractivity contribution in [1.82, 2.24) is 9.97 Å². The highest BCUT2D eigenvalue weighted by atomic mass is 32.1. The number of fused-ring (bicyclic) bond motifs is 2. The summed E-state index contributed by atoms with van der Waals surface area (Å²) in [6.45, 7) is 2.51. The molecule has 0 bridgehead atoms. The summed E-state index contributed by atoms with van der Waals surface area (Å²) in [5.41, 5.74) is 1.40. The summed E-state index contributed by atoms with van der Waals surface area (Å²) in [5.74, 6) is 0.401. The van der Waals surface area contributed by atoms with E-state index >= 15 is 0 Å². The molecule has 0 radical (unpaired) electrons. The van der Waals surface area contributed by atoms with Crippen molar-refractivity contribution in [3.63, 3.8) is 0 Å². The lowest BCUT2D eigenvalue weighted by atomic mass is 10.1. The van der Waals surface area contributed by atoms with E-state index in [1.807, 2.05) is 37.3 Å². The van der Waals surface area contributed by atoms with Crippen molar-refractivity contribution in [2.75, 3.05) is 11.9 Å². The Morgan fingerprint density at radius 2 is 2.08 bits per heavy atom. The molecule has 2 N–H and O–H groups in total. The van der Waals surface area contributed by atoms with Crippen molar-refractivity contribution >= 4 is 43.5 Å². The molecule has 0 aliphatic rings. The standard InChI is InChI=1S/C19H15N3O3S/c1-2-25-11-7-8-15-16(9-11)26-19(21-15)22-18(24)13-10-17(23)20-14-6-4-3-5-12(13)14/h3-10H,2H2,1H3,(H,20,23)(H,21,22,24). The number of hydrogen-bond donors (Lipinski definition) is 2. The van der Waals surface area contributed by atoms with Gasteiger partial charge < -0.3 is 9.72 Å². The minimum atomic E-state index is -0.364. The van der Waals surface area contributed by atoms with Crippen LogP contribution in [0.15, 0.2) is 53.3 Å². The van der Waals surface area contributed by atoms with Crippen molar-refractivity contribution in [2.24, 2.45) is 0 Å². The smallest absolute Gasteiger partial charge is 0.258 e. The second-order valence-electron chi connectivity index (χ2n) is 5.63. The number of aromatic nitrogens is 2. The molecule has 7 heteroatoms.